The zero-order valence-corrected chi connectivity index (χ0v) is 13.3. The van der Waals surface area contributed by atoms with Gasteiger partial charge in [0.15, 0.2) is 0 Å². The van der Waals surface area contributed by atoms with E-state index in [1.54, 1.807) is 0 Å². The van der Waals surface area contributed by atoms with Crippen LogP contribution >= 0.6 is 11.6 Å². The maximum atomic E-state index is 12.1. The Kier molecular flexibility index (Phi) is 4.74. The van der Waals surface area contributed by atoms with Crippen molar-refractivity contribution in [3.63, 3.8) is 0 Å². The molecular weight excluding hydrogens is 270 g/mol. The second kappa shape index (κ2) is 6.17. The average molecular weight is 294 g/mol. The van der Waals surface area contributed by atoms with Crippen molar-refractivity contribution in [3.05, 3.63) is 35.9 Å². The molecule has 3 unspecified atom stereocenters. The Morgan fingerprint density at radius 1 is 1.35 bits per heavy atom. The van der Waals surface area contributed by atoms with Gasteiger partial charge in [-0.2, -0.15) is 0 Å². The highest BCUT2D eigenvalue weighted by atomic mass is 35.5. The lowest BCUT2D eigenvalue weighted by Crippen LogP contribution is -2.32. The molecule has 20 heavy (non-hydrogen) atoms. The van der Waals surface area contributed by atoms with Gasteiger partial charge in [-0.3, -0.25) is 4.79 Å². The minimum Gasteiger partial charge on any atom is -0.354 e. The molecule has 1 aromatic rings. The minimum absolute atomic E-state index is 0.00729. The van der Waals surface area contributed by atoms with Crippen LogP contribution in [0.4, 0.5) is 0 Å². The number of rotatable bonds is 5. The number of hydrogen-bond donors (Lipinski definition) is 1. The smallest absolute Gasteiger partial charge is 0.223 e. The number of benzene rings is 1. The van der Waals surface area contributed by atoms with Crippen molar-refractivity contribution >= 4 is 17.5 Å². The fraction of sp³-hybridized carbons (Fsp3) is 0.588. The van der Waals surface area contributed by atoms with Gasteiger partial charge in [-0.25, -0.2) is 0 Å². The molecule has 1 aromatic carbocycles. The Morgan fingerprint density at radius 2 is 2.00 bits per heavy atom. The molecule has 1 saturated carbocycles. The second-order valence-corrected chi connectivity index (χ2v) is 7.58. The molecule has 2 nitrogen and oxygen atoms in total. The number of carbonyl (C=O) groups excluding carboxylic acids is 1. The lowest BCUT2D eigenvalue weighted by Gasteiger charge is -2.22. The Balaban J connectivity index is 1.75. The predicted molar refractivity (Wildman–Crippen MR) is 84.0 cm³/mol. The van der Waals surface area contributed by atoms with E-state index in [4.69, 9.17) is 11.6 Å². The summed E-state index contributed by atoms with van der Waals surface area (Å²) in [6, 6.07) is 10.3. The summed E-state index contributed by atoms with van der Waals surface area (Å²) >= 11 is 6.27. The summed E-state index contributed by atoms with van der Waals surface area (Å²) in [5.41, 5.74) is 1.47. The summed E-state index contributed by atoms with van der Waals surface area (Å²) in [6.07, 6.45) is 1.86. The Hall–Kier alpha value is -1.02. The van der Waals surface area contributed by atoms with Gasteiger partial charge < -0.3 is 5.32 Å². The molecule has 3 heteroatoms. The fourth-order valence-corrected chi connectivity index (χ4v) is 3.17. The number of nitrogens with one attached hydrogen (secondary N) is 1. The van der Waals surface area contributed by atoms with Gasteiger partial charge >= 0.3 is 0 Å². The van der Waals surface area contributed by atoms with Crippen molar-refractivity contribution < 1.29 is 4.79 Å². The molecule has 1 amide bonds. The molecule has 0 aliphatic heterocycles. The highest BCUT2D eigenvalue weighted by molar-refractivity contribution is 6.20. The summed E-state index contributed by atoms with van der Waals surface area (Å²) in [7, 11) is 0. The molecule has 2 rings (SSSR count). The van der Waals surface area contributed by atoms with Crippen LogP contribution in [0, 0.1) is 11.3 Å². The monoisotopic (exact) mass is 293 g/mol. The van der Waals surface area contributed by atoms with Crippen LogP contribution in [-0.2, 0) is 4.79 Å². The molecule has 1 aliphatic rings. The summed E-state index contributed by atoms with van der Waals surface area (Å²) in [5.74, 6) is 0.682. The summed E-state index contributed by atoms with van der Waals surface area (Å²) in [6.45, 7) is 7.05. The van der Waals surface area contributed by atoms with Gasteiger partial charge in [0.1, 0.15) is 0 Å². The van der Waals surface area contributed by atoms with Crippen LogP contribution in [0.1, 0.15) is 45.1 Å². The summed E-state index contributed by atoms with van der Waals surface area (Å²) in [5, 5.41) is 3.00. The normalized spacial score (nSPS) is 23.2. The van der Waals surface area contributed by atoms with E-state index in [-0.39, 0.29) is 22.6 Å². The third-order valence-electron chi connectivity index (χ3n) is 3.69. The quantitative estimate of drug-likeness (QED) is 0.818. The van der Waals surface area contributed by atoms with Crippen LogP contribution in [0.2, 0.25) is 0 Å². The van der Waals surface area contributed by atoms with Gasteiger partial charge in [-0.05, 0) is 29.7 Å². The standard InChI is InChI=1S/C17H24ClNO/c1-17(2,3)10-13(18)11-19-16(20)15-9-14(15)12-7-5-4-6-8-12/h4-8,13-15H,9-11H2,1-3H3,(H,19,20). The van der Waals surface area contributed by atoms with Gasteiger partial charge in [0, 0.05) is 12.5 Å². The molecular formula is C17H24ClNO. The van der Waals surface area contributed by atoms with E-state index in [0.717, 1.165) is 12.8 Å². The number of alkyl halides is 1. The van der Waals surface area contributed by atoms with Crippen LogP contribution in [-0.4, -0.2) is 17.8 Å². The van der Waals surface area contributed by atoms with Gasteiger partial charge in [0.2, 0.25) is 5.91 Å². The van der Waals surface area contributed by atoms with E-state index >= 15 is 0 Å². The molecule has 1 fully saturated rings. The Labute approximate surface area is 126 Å². The third kappa shape index (κ3) is 4.52. The number of halogens is 1. The van der Waals surface area contributed by atoms with E-state index < -0.39 is 0 Å². The minimum atomic E-state index is 0.00729. The first-order valence-corrected chi connectivity index (χ1v) is 7.77. The Morgan fingerprint density at radius 3 is 2.60 bits per heavy atom. The molecule has 1 N–H and O–H groups in total. The van der Waals surface area contributed by atoms with E-state index in [9.17, 15) is 4.79 Å². The van der Waals surface area contributed by atoms with Gasteiger partial charge in [-0.1, -0.05) is 51.1 Å². The van der Waals surface area contributed by atoms with Crippen molar-refractivity contribution in [1.82, 2.24) is 5.32 Å². The first kappa shape index (κ1) is 15.4. The molecule has 0 aromatic heterocycles. The van der Waals surface area contributed by atoms with E-state index in [0.29, 0.717) is 12.5 Å². The first-order valence-electron chi connectivity index (χ1n) is 7.33. The third-order valence-corrected chi connectivity index (χ3v) is 4.00. The van der Waals surface area contributed by atoms with Crippen LogP contribution < -0.4 is 5.32 Å². The molecule has 110 valence electrons. The molecule has 0 heterocycles. The van der Waals surface area contributed by atoms with Crippen molar-refractivity contribution in [2.45, 2.75) is 44.9 Å². The lowest BCUT2D eigenvalue weighted by molar-refractivity contribution is -0.122. The van der Waals surface area contributed by atoms with E-state index in [2.05, 4.69) is 38.2 Å². The van der Waals surface area contributed by atoms with Gasteiger partial charge in [0.05, 0.1) is 5.38 Å². The summed E-state index contributed by atoms with van der Waals surface area (Å²) in [4.78, 5) is 12.1. The number of amides is 1. The second-order valence-electron chi connectivity index (χ2n) is 6.97. The topological polar surface area (TPSA) is 29.1 Å². The zero-order valence-electron chi connectivity index (χ0n) is 12.5. The molecule has 0 spiro atoms. The summed E-state index contributed by atoms with van der Waals surface area (Å²) < 4.78 is 0. The van der Waals surface area contributed by atoms with Crippen LogP contribution in [0.25, 0.3) is 0 Å². The van der Waals surface area contributed by atoms with Crippen molar-refractivity contribution in [2.24, 2.45) is 11.3 Å². The van der Waals surface area contributed by atoms with Crippen LogP contribution in [0.15, 0.2) is 30.3 Å². The zero-order chi connectivity index (χ0) is 14.8. The van der Waals surface area contributed by atoms with Gasteiger partial charge in [-0.15, -0.1) is 11.6 Å². The SMILES string of the molecule is CC(C)(C)CC(Cl)CNC(=O)C1CC1c1ccccc1. The lowest BCUT2D eigenvalue weighted by atomic mass is 9.90. The maximum Gasteiger partial charge on any atom is 0.223 e. The fourth-order valence-electron chi connectivity index (χ4n) is 2.63. The maximum absolute atomic E-state index is 12.1. The highest BCUT2D eigenvalue weighted by Crippen LogP contribution is 2.47. The Bertz CT molecular complexity index is 452. The van der Waals surface area contributed by atoms with Crippen molar-refractivity contribution in [3.8, 4) is 0 Å². The van der Waals surface area contributed by atoms with E-state index in [1.807, 2.05) is 18.2 Å². The molecule has 0 bridgehead atoms. The van der Waals surface area contributed by atoms with Crippen molar-refractivity contribution in [2.75, 3.05) is 6.54 Å². The predicted octanol–water partition coefficient (Wildman–Crippen LogP) is 3.95. The highest BCUT2D eigenvalue weighted by Gasteiger charge is 2.43. The average Bonchev–Trinajstić information content (AvgIpc) is 3.15. The van der Waals surface area contributed by atoms with Gasteiger partial charge in [0.25, 0.3) is 0 Å². The molecule has 1 aliphatic carbocycles. The van der Waals surface area contributed by atoms with Crippen molar-refractivity contribution in [1.29, 1.82) is 0 Å². The number of hydrogen-bond acceptors (Lipinski definition) is 1. The van der Waals surface area contributed by atoms with E-state index in [1.165, 1.54) is 5.56 Å². The van der Waals surface area contributed by atoms with Crippen LogP contribution in [0.5, 0.6) is 0 Å². The van der Waals surface area contributed by atoms with Crippen LogP contribution in [0.3, 0.4) is 0 Å². The first-order chi connectivity index (χ1) is 9.37. The molecule has 3 atom stereocenters. The largest absolute Gasteiger partial charge is 0.354 e. The molecule has 0 radical (unpaired) electrons. The number of carbonyl (C=O) groups is 1. The molecule has 0 saturated heterocycles.